The van der Waals surface area contributed by atoms with E-state index in [1.807, 2.05) is 11.3 Å². The Morgan fingerprint density at radius 3 is 2.48 bits per heavy atom. The highest BCUT2D eigenvalue weighted by atomic mass is 35.5. The van der Waals surface area contributed by atoms with Crippen LogP contribution in [0.3, 0.4) is 0 Å². The lowest BCUT2D eigenvalue weighted by Gasteiger charge is -2.15. The van der Waals surface area contributed by atoms with Gasteiger partial charge in [0.05, 0.1) is 13.0 Å². The molecule has 1 aliphatic heterocycles. The summed E-state index contributed by atoms with van der Waals surface area (Å²) in [5.74, 6) is 7.23. The highest BCUT2D eigenvalue weighted by molar-refractivity contribution is 7.27. The van der Waals surface area contributed by atoms with Crippen LogP contribution < -0.4 is 10.2 Å². The van der Waals surface area contributed by atoms with Crippen LogP contribution in [0.5, 0.6) is 0 Å². The largest absolute Gasteiger partial charge is 0.383 e. The SMILES string of the molecule is CC(C)(C)C#CC1Cc2cc([Si](C)(C)C)sc2C(N)=N1.Cl. The first-order chi connectivity index (χ1) is 9.06. The molecule has 0 aromatic carbocycles. The van der Waals surface area contributed by atoms with Crippen molar-refractivity contribution in [2.45, 2.75) is 52.9 Å². The third kappa shape index (κ3) is 4.60. The van der Waals surface area contributed by atoms with E-state index in [1.54, 1.807) is 0 Å². The first-order valence-electron chi connectivity index (χ1n) is 7.06. The van der Waals surface area contributed by atoms with Crippen molar-refractivity contribution < 1.29 is 0 Å². The van der Waals surface area contributed by atoms with Gasteiger partial charge in [-0.05, 0) is 36.9 Å². The minimum absolute atomic E-state index is 0. The molecule has 0 saturated heterocycles. The molecule has 0 saturated carbocycles. The molecule has 1 aliphatic rings. The fourth-order valence-corrected chi connectivity index (χ4v) is 5.02. The Morgan fingerprint density at radius 1 is 1.33 bits per heavy atom. The third-order valence-electron chi connectivity index (χ3n) is 3.10. The highest BCUT2D eigenvalue weighted by Gasteiger charge is 2.26. The summed E-state index contributed by atoms with van der Waals surface area (Å²) in [5, 5.41) is 0. The van der Waals surface area contributed by atoms with Gasteiger partial charge in [-0.3, -0.25) is 4.99 Å². The second-order valence-corrected chi connectivity index (χ2v) is 13.9. The summed E-state index contributed by atoms with van der Waals surface area (Å²) in [4.78, 5) is 5.75. The Hall–Kier alpha value is -0.763. The maximum Gasteiger partial charge on any atom is 0.137 e. The lowest BCUT2D eigenvalue weighted by atomic mass is 9.96. The number of hydrogen-bond donors (Lipinski definition) is 1. The Labute approximate surface area is 139 Å². The molecule has 2 heterocycles. The predicted molar refractivity (Wildman–Crippen MR) is 100.0 cm³/mol. The second kappa shape index (κ2) is 6.16. The monoisotopic (exact) mass is 340 g/mol. The molecule has 0 spiro atoms. The zero-order chi connectivity index (χ0) is 15.1. The number of aliphatic imine (C=N–C) groups is 1. The number of nitrogens with zero attached hydrogens (tertiary/aromatic N) is 1. The molecule has 0 aliphatic carbocycles. The van der Waals surface area contributed by atoms with Crippen LogP contribution in [-0.2, 0) is 6.42 Å². The smallest absolute Gasteiger partial charge is 0.137 e. The van der Waals surface area contributed by atoms with Gasteiger partial charge in [0.1, 0.15) is 11.9 Å². The van der Waals surface area contributed by atoms with Crippen LogP contribution in [0.1, 0.15) is 31.2 Å². The summed E-state index contributed by atoms with van der Waals surface area (Å²) in [6.07, 6.45) is 0.903. The molecule has 2 N–H and O–H groups in total. The van der Waals surface area contributed by atoms with E-state index in [9.17, 15) is 0 Å². The van der Waals surface area contributed by atoms with Gasteiger partial charge in [0, 0.05) is 11.8 Å². The zero-order valence-corrected chi connectivity index (χ0v) is 16.3. The number of rotatable bonds is 1. The molecule has 0 amide bonds. The number of nitrogens with two attached hydrogens (primary N) is 1. The van der Waals surface area contributed by atoms with Crippen molar-refractivity contribution in [3.05, 3.63) is 16.5 Å². The van der Waals surface area contributed by atoms with E-state index < -0.39 is 8.07 Å². The van der Waals surface area contributed by atoms with Gasteiger partial charge in [0.25, 0.3) is 0 Å². The van der Waals surface area contributed by atoms with Crippen LogP contribution in [-0.4, -0.2) is 20.0 Å². The minimum atomic E-state index is -1.28. The summed E-state index contributed by atoms with van der Waals surface area (Å²) in [5.41, 5.74) is 7.50. The van der Waals surface area contributed by atoms with Gasteiger partial charge in [-0.25, -0.2) is 0 Å². The van der Waals surface area contributed by atoms with Crippen LogP contribution in [0.2, 0.25) is 19.6 Å². The van der Waals surface area contributed by atoms with Gasteiger partial charge in [-0.2, -0.15) is 0 Å². The first kappa shape index (κ1) is 18.3. The summed E-state index contributed by atoms with van der Waals surface area (Å²) in [6.45, 7) is 13.5. The van der Waals surface area contributed by atoms with Crippen molar-refractivity contribution in [2.24, 2.45) is 16.1 Å². The van der Waals surface area contributed by atoms with Crippen molar-refractivity contribution in [3.8, 4) is 11.8 Å². The molecular weight excluding hydrogens is 316 g/mol. The van der Waals surface area contributed by atoms with Crippen LogP contribution in [0.4, 0.5) is 0 Å². The molecule has 2 rings (SSSR count). The van der Waals surface area contributed by atoms with Crippen molar-refractivity contribution in [3.63, 3.8) is 0 Å². The van der Waals surface area contributed by atoms with Gasteiger partial charge in [-0.1, -0.05) is 31.5 Å². The van der Waals surface area contributed by atoms with E-state index in [4.69, 9.17) is 5.73 Å². The molecule has 2 nitrogen and oxygen atoms in total. The second-order valence-electron chi connectivity index (χ2n) is 7.47. The lowest BCUT2D eigenvalue weighted by molar-refractivity contribution is 0.569. The maximum atomic E-state index is 6.14. The number of halogens is 1. The molecule has 1 atom stereocenters. The normalized spacial score (nSPS) is 18.0. The van der Waals surface area contributed by atoms with E-state index in [-0.39, 0.29) is 23.9 Å². The molecule has 21 heavy (non-hydrogen) atoms. The molecule has 0 fully saturated rings. The summed E-state index contributed by atoms with van der Waals surface area (Å²) in [7, 11) is -1.28. The molecule has 116 valence electrons. The molecule has 1 unspecified atom stereocenters. The highest BCUT2D eigenvalue weighted by Crippen LogP contribution is 2.24. The van der Waals surface area contributed by atoms with E-state index >= 15 is 0 Å². The number of amidine groups is 1. The first-order valence-corrected chi connectivity index (χ1v) is 11.4. The van der Waals surface area contributed by atoms with Crippen LogP contribution in [0, 0.1) is 17.3 Å². The molecule has 1 aromatic heterocycles. The number of thiophene rings is 1. The van der Waals surface area contributed by atoms with Crippen molar-refractivity contribution in [2.75, 3.05) is 0 Å². The third-order valence-corrected chi connectivity index (χ3v) is 7.88. The van der Waals surface area contributed by atoms with Gasteiger partial charge in [0.2, 0.25) is 0 Å². The van der Waals surface area contributed by atoms with Crippen LogP contribution >= 0.6 is 23.7 Å². The molecule has 5 heteroatoms. The average molecular weight is 341 g/mol. The van der Waals surface area contributed by atoms with E-state index in [0.717, 1.165) is 6.42 Å². The zero-order valence-electron chi connectivity index (χ0n) is 13.7. The Bertz CT molecular complexity index is 609. The fourth-order valence-electron chi connectivity index (χ4n) is 2.03. The van der Waals surface area contributed by atoms with Gasteiger partial charge in [0.15, 0.2) is 0 Å². The van der Waals surface area contributed by atoms with Crippen LogP contribution in [0.25, 0.3) is 0 Å². The van der Waals surface area contributed by atoms with E-state index in [1.165, 1.54) is 14.9 Å². The lowest BCUT2D eigenvalue weighted by Crippen LogP contribution is -2.34. The van der Waals surface area contributed by atoms with E-state index in [2.05, 4.69) is 63.3 Å². The fraction of sp³-hybridized carbons (Fsp3) is 0.562. The Kier molecular flexibility index (Phi) is 5.36. The predicted octanol–water partition coefficient (Wildman–Crippen LogP) is 3.39. The van der Waals surface area contributed by atoms with Crippen LogP contribution in [0.15, 0.2) is 11.1 Å². The maximum absolute atomic E-state index is 6.14. The molecular formula is C16H25ClN2SSi. The average Bonchev–Trinajstić information content (AvgIpc) is 2.69. The summed E-state index contributed by atoms with van der Waals surface area (Å²) < 4.78 is 1.50. The topological polar surface area (TPSA) is 38.4 Å². The summed E-state index contributed by atoms with van der Waals surface area (Å²) >= 11 is 1.83. The molecule has 0 radical (unpaired) electrons. The Morgan fingerprint density at radius 2 is 1.95 bits per heavy atom. The van der Waals surface area contributed by atoms with Crippen molar-refractivity contribution >= 4 is 42.2 Å². The number of fused-ring (bicyclic) bond motifs is 1. The minimum Gasteiger partial charge on any atom is -0.383 e. The standard InChI is InChI=1S/C16H24N2SSi.ClH/c1-16(2,3)8-7-12-9-11-10-13(20(4,5)6)19-14(11)15(17)18-12;/h10,12H,9H2,1-6H3,(H2,17,18);1H. The summed E-state index contributed by atoms with van der Waals surface area (Å²) in [6, 6.07) is 2.37. The van der Waals surface area contributed by atoms with E-state index in [0.29, 0.717) is 5.84 Å². The van der Waals surface area contributed by atoms with Crippen molar-refractivity contribution in [1.29, 1.82) is 0 Å². The molecule has 1 aromatic rings. The van der Waals surface area contributed by atoms with Gasteiger partial charge >= 0.3 is 0 Å². The Balaban J connectivity index is 0.00000220. The van der Waals surface area contributed by atoms with Gasteiger partial charge in [-0.15, -0.1) is 23.7 Å². The number of hydrogen-bond acceptors (Lipinski definition) is 3. The van der Waals surface area contributed by atoms with Gasteiger partial charge < -0.3 is 5.73 Å². The van der Waals surface area contributed by atoms with Crippen molar-refractivity contribution in [1.82, 2.24) is 0 Å². The molecule has 0 bridgehead atoms. The quantitative estimate of drug-likeness (QED) is 0.617.